The van der Waals surface area contributed by atoms with Crippen LogP contribution >= 0.6 is 27.3 Å². The zero-order chi connectivity index (χ0) is 19.4. The summed E-state index contributed by atoms with van der Waals surface area (Å²) >= 11 is 4.89. The molecule has 1 N–H and O–H groups in total. The van der Waals surface area contributed by atoms with Gasteiger partial charge in [0.2, 0.25) is 5.91 Å². The molecule has 2 aromatic carbocycles. The molecule has 1 amide bonds. The molecule has 0 unspecified atom stereocenters. The van der Waals surface area contributed by atoms with Crippen molar-refractivity contribution in [1.82, 2.24) is 4.98 Å². The van der Waals surface area contributed by atoms with Crippen LogP contribution in [0.25, 0.3) is 17.3 Å². The molecule has 0 fully saturated rings. The molecule has 1 heterocycles. The molecule has 0 spiro atoms. The van der Waals surface area contributed by atoms with Gasteiger partial charge in [-0.1, -0.05) is 45.8 Å². The summed E-state index contributed by atoms with van der Waals surface area (Å²) in [6, 6.07) is 13.8. The lowest BCUT2D eigenvalue weighted by Crippen LogP contribution is -2.07. The Kier molecular flexibility index (Phi) is 6.08. The minimum Gasteiger partial charge on any atom is -0.496 e. The molecule has 3 aromatic rings. The van der Waals surface area contributed by atoms with Gasteiger partial charge in [0.05, 0.1) is 12.8 Å². The Balaban J connectivity index is 1.74. The number of nitrogens with zero attached hydrogens (tertiary/aromatic N) is 1. The van der Waals surface area contributed by atoms with Crippen LogP contribution in [0.1, 0.15) is 16.0 Å². The highest BCUT2D eigenvalue weighted by molar-refractivity contribution is 9.10. The van der Waals surface area contributed by atoms with E-state index in [4.69, 9.17) is 4.74 Å². The fourth-order valence-electron chi connectivity index (χ4n) is 2.58. The first-order valence-corrected chi connectivity index (χ1v) is 9.94. The van der Waals surface area contributed by atoms with Crippen molar-refractivity contribution >= 4 is 44.4 Å². The Morgan fingerprint density at radius 2 is 1.93 bits per heavy atom. The second-order valence-corrected chi connectivity index (χ2v) is 8.12. The van der Waals surface area contributed by atoms with E-state index in [-0.39, 0.29) is 5.91 Å². The summed E-state index contributed by atoms with van der Waals surface area (Å²) < 4.78 is 6.23. The summed E-state index contributed by atoms with van der Waals surface area (Å²) in [5.74, 6) is 0.468. The highest BCUT2D eigenvalue weighted by Crippen LogP contribution is 2.30. The molecule has 0 aliphatic heterocycles. The maximum atomic E-state index is 12.3. The number of thiazole rings is 1. The number of hydrogen-bond donors (Lipinski definition) is 1. The number of carbonyl (C=O) groups is 1. The number of anilines is 1. The molecule has 0 saturated carbocycles. The van der Waals surface area contributed by atoms with E-state index in [0.29, 0.717) is 10.9 Å². The summed E-state index contributed by atoms with van der Waals surface area (Å²) in [6.07, 6.45) is 3.20. The molecule has 6 heteroatoms. The summed E-state index contributed by atoms with van der Waals surface area (Å²) in [4.78, 5) is 17.9. The number of aromatic nitrogens is 1. The molecule has 0 saturated heterocycles. The van der Waals surface area contributed by atoms with Crippen molar-refractivity contribution in [3.05, 3.63) is 69.0 Å². The Morgan fingerprint density at radius 3 is 2.63 bits per heavy atom. The van der Waals surface area contributed by atoms with Crippen LogP contribution in [0.3, 0.4) is 0 Å². The van der Waals surface area contributed by atoms with Crippen molar-refractivity contribution in [2.75, 3.05) is 12.4 Å². The predicted octanol–water partition coefficient (Wildman–Crippen LogP) is 5.85. The smallest absolute Gasteiger partial charge is 0.250 e. The number of aryl methyl sites for hydroxylation is 2. The molecule has 0 bridgehead atoms. The fraction of sp³-hybridized carbons (Fsp3) is 0.143. The van der Waals surface area contributed by atoms with Crippen LogP contribution in [-0.4, -0.2) is 18.0 Å². The van der Waals surface area contributed by atoms with Crippen LogP contribution in [0.15, 0.2) is 53.0 Å². The number of methoxy groups -OCH3 is 1. The number of rotatable bonds is 5. The summed E-state index contributed by atoms with van der Waals surface area (Å²) in [5, 5.41) is 3.42. The summed E-state index contributed by atoms with van der Waals surface area (Å²) in [6.45, 7) is 4.06. The molecule has 138 valence electrons. The average molecular weight is 443 g/mol. The van der Waals surface area contributed by atoms with E-state index in [0.717, 1.165) is 26.2 Å². The van der Waals surface area contributed by atoms with Crippen LogP contribution in [0.4, 0.5) is 5.13 Å². The third-order valence-electron chi connectivity index (χ3n) is 3.96. The number of amides is 1. The zero-order valence-corrected chi connectivity index (χ0v) is 17.6. The van der Waals surface area contributed by atoms with Gasteiger partial charge in [-0.3, -0.25) is 10.1 Å². The van der Waals surface area contributed by atoms with Crippen molar-refractivity contribution in [2.24, 2.45) is 0 Å². The fourth-order valence-corrected chi connectivity index (χ4v) is 3.79. The molecular weight excluding hydrogens is 424 g/mol. The van der Waals surface area contributed by atoms with Crippen LogP contribution in [0.2, 0.25) is 0 Å². The zero-order valence-electron chi connectivity index (χ0n) is 15.2. The molecule has 3 rings (SSSR count). The van der Waals surface area contributed by atoms with E-state index >= 15 is 0 Å². The van der Waals surface area contributed by atoms with E-state index in [1.54, 1.807) is 13.2 Å². The summed E-state index contributed by atoms with van der Waals surface area (Å²) in [5.41, 5.74) is 3.96. The van der Waals surface area contributed by atoms with Crippen molar-refractivity contribution in [2.45, 2.75) is 13.8 Å². The Morgan fingerprint density at radius 1 is 1.19 bits per heavy atom. The molecule has 1 aromatic heterocycles. The first kappa shape index (κ1) is 19.3. The van der Waals surface area contributed by atoms with Crippen LogP contribution in [-0.2, 0) is 4.79 Å². The van der Waals surface area contributed by atoms with Gasteiger partial charge in [0.15, 0.2) is 5.13 Å². The maximum Gasteiger partial charge on any atom is 0.250 e. The Bertz CT molecular complexity index is 994. The lowest BCUT2D eigenvalue weighted by molar-refractivity contribution is -0.111. The number of benzene rings is 2. The van der Waals surface area contributed by atoms with Gasteiger partial charge in [-0.2, -0.15) is 0 Å². The third kappa shape index (κ3) is 4.84. The highest BCUT2D eigenvalue weighted by atomic mass is 79.9. The second-order valence-electron chi connectivity index (χ2n) is 6.00. The largest absolute Gasteiger partial charge is 0.496 e. The van der Waals surface area contributed by atoms with Gasteiger partial charge in [-0.25, -0.2) is 4.98 Å². The lowest BCUT2D eigenvalue weighted by atomic mass is 10.1. The maximum absolute atomic E-state index is 12.3. The van der Waals surface area contributed by atoms with E-state index in [2.05, 4.69) is 45.3 Å². The SMILES string of the molecule is COc1ccc(Br)cc1/C=C/C(=O)Nc1nc(-c2ccc(C)cc2)c(C)s1. The predicted molar refractivity (Wildman–Crippen MR) is 115 cm³/mol. The van der Waals surface area contributed by atoms with Crippen molar-refractivity contribution in [1.29, 1.82) is 0 Å². The van der Waals surface area contributed by atoms with Crippen molar-refractivity contribution in [3.8, 4) is 17.0 Å². The number of carbonyl (C=O) groups excluding carboxylic acids is 1. The van der Waals surface area contributed by atoms with Crippen molar-refractivity contribution < 1.29 is 9.53 Å². The monoisotopic (exact) mass is 442 g/mol. The van der Waals surface area contributed by atoms with Gasteiger partial charge < -0.3 is 4.74 Å². The lowest BCUT2D eigenvalue weighted by Gasteiger charge is -2.04. The molecule has 0 atom stereocenters. The van der Waals surface area contributed by atoms with Crippen LogP contribution < -0.4 is 10.1 Å². The van der Waals surface area contributed by atoms with Gasteiger partial charge in [0.25, 0.3) is 0 Å². The molecule has 27 heavy (non-hydrogen) atoms. The van der Waals surface area contributed by atoms with Crippen LogP contribution in [0, 0.1) is 13.8 Å². The van der Waals surface area contributed by atoms with E-state index in [1.807, 2.05) is 37.3 Å². The number of nitrogens with one attached hydrogen (secondary N) is 1. The van der Waals surface area contributed by atoms with E-state index < -0.39 is 0 Å². The number of ether oxygens (including phenoxy) is 1. The minimum absolute atomic E-state index is 0.235. The van der Waals surface area contributed by atoms with Crippen LogP contribution in [0.5, 0.6) is 5.75 Å². The molecule has 4 nitrogen and oxygen atoms in total. The average Bonchev–Trinajstić information content (AvgIpc) is 3.01. The van der Waals surface area contributed by atoms with Gasteiger partial charge >= 0.3 is 0 Å². The van der Waals surface area contributed by atoms with E-state index in [9.17, 15) is 4.79 Å². The molecule has 0 aliphatic carbocycles. The first-order valence-electron chi connectivity index (χ1n) is 8.33. The first-order chi connectivity index (χ1) is 13.0. The number of hydrogen-bond acceptors (Lipinski definition) is 4. The topological polar surface area (TPSA) is 51.2 Å². The van der Waals surface area contributed by atoms with Gasteiger partial charge in [-0.15, -0.1) is 11.3 Å². The standard InChI is InChI=1S/C21H19BrN2O2S/c1-13-4-6-15(7-5-13)20-14(2)27-21(24-20)23-19(25)11-8-16-12-17(22)9-10-18(16)26-3/h4-12H,1-3H3,(H,23,24,25)/b11-8+. The molecular formula is C21H19BrN2O2S. The van der Waals surface area contributed by atoms with Gasteiger partial charge in [0.1, 0.15) is 5.75 Å². The second kappa shape index (κ2) is 8.50. The van der Waals surface area contributed by atoms with Gasteiger partial charge in [-0.05, 0) is 38.1 Å². The van der Waals surface area contributed by atoms with Crippen molar-refractivity contribution in [3.63, 3.8) is 0 Å². The minimum atomic E-state index is -0.235. The number of halogens is 1. The third-order valence-corrected chi connectivity index (χ3v) is 5.34. The van der Waals surface area contributed by atoms with Gasteiger partial charge in [0, 0.05) is 26.6 Å². The Labute approximate surface area is 171 Å². The summed E-state index contributed by atoms with van der Waals surface area (Å²) in [7, 11) is 1.60. The highest BCUT2D eigenvalue weighted by Gasteiger charge is 2.11. The Hall–Kier alpha value is -2.44. The normalized spacial score (nSPS) is 11.0. The molecule has 0 radical (unpaired) electrons. The molecule has 0 aliphatic rings. The quantitative estimate of drug-likeness (QED) is 0.504. The van der Waals surface area contributed by atoms with E-state index in [1.165, 1.54) is 23.0 Å².